The largest absolute Gasteiger partial charge is 0.493 e. The van der Waals surface area contributed by atoms with Gasteiger partial charge in [-0.1, -0.05) is 12.1 Å². The maximum atomic E-state index is 13.2. The number of amides is 1. The first kappa shape index (κ1) is 17.4. The van der Waals surface area contributed by atoms with Gasteiger partial charge in [-0.05, 0) is 55.0 Å². The van der Waals surface area contributed by atoms with Crippen LogP contribution >= 0.6 is 0 Å². The molecule has 1 aliphatic heterocycles. The van der Waals surface area contributed by atoms with Gasteiger partial charge in [0.05, 0.1) is 13.0 Å². The molecule has 0 N–H and O–H groups in total. The first-order valence-electron chi connectivity index (χ1n) is 8.76. The van der Waals surface area contributed by atoms with E-state index in [1.807, 2.05) is 17.0 Å². The van der Waals surface area contributed by atoms with Gasteiger partial charge in [0.25, 0.3) is 0 Å². The van der Waals surface area contributed by atoms with E-state index in [1.54, 1.807) is 24.5 Å². The van der Waals surface area contributed by atoms with Gasteiger partial charge in [-0.3, -0.25) is 9.78 Å². The number of pyridine rings is 1. The zero-order valence-electron chi connectivity index (χ0n) is 14.2. The van der Waals surface area contributed by atoms with Gasteiger partial charge in [0.15, 0.2) is 0 Å². The van der Waals surface area contributed by atoms with Gasteiger partial charge in [0.2, 0.25) is 5.91 Å². The highest BCUT2D eigenvalue weighted by molar-refractivity contribution is 5.78. The zero-order valence-corrected chi connectivity index (χ0v) is 14.2. The average Bonchev–Trinajstić information content (AvgIpc) is 2.63. The number of halogens is 1. The lowest BCUT2D eigenvalue weighted by Gasteiger charge is -2.32. The van der Waals surface area contributed by atoms with Crippen molar-refractivity contribution < 1.29 is 13.9 Å². The molecule has 1 aromatic heterocycles. The molecule has 1 aromatic carbocycles. The van der Waals surface area contributed by atoms with Crippen molar-refractivity contribution in [1.82, 2.24) is 9.88 Å². The third kappa shape index (κ3) is 5.28. The van der Waals surface area contributed by atoms with Crippen LogP contribution in [0.15, 0.2) is 48.8 Å². The van der Waals surface area contributed by atoms with Crippen LogP contribution in [-0.2, 0) is 11.2 Å². The van der Waals surface area contributed by atoms with Gasteiger partial charge >= 0.3 is 0 Å². The second-order valence-electron chi connectivity index (χ2n) is 6.45. The molecule has 3 rings (SSSR count). The molecule has 2 aromatic rings. The van der Waals surface area contributed by atoms with E-state index in [4.69, 9.17) is 4.74 Å². The molecule has 25 heavy (non-hydrogen) atoms. The van der Waals surface area contributed by atoms with Crippen molar-refractivity contribution in [3.05, 3.63) is 60.2 Å². The van der Waals surface area contributed by atoms with Gasteiger partial charge in [-0.15, -0.1) is 0 Å². The number of rotatable bonds is 6. The van der Waals surface area contributed by atoms with E-state index in [1.165, 1.54) is 12.1 Å². The summed E-state index contributed by atoms with van der Waals surface area (Å²) in [5.41, 5.74) is 0.734. The summed E-state index contributed by atoms with van der Waals surface area (Å²) >= 11 is 0. The molecule has 132 valence electrons. The van der Waals surface area contributed by atoms with Crippen LogP contribution in [0.5, 0.6) is 5.75 Å². The fourth-order valence-corrected chi connectivity index (χ4v) is 3.18. The quantitative estimate of drug-likeness (QED) is 0.807. The Morgan fingerprint density at radius 2 is 1.96 bits per heavy atom. The van der Waals surface area contributed by atoms with Crippen LogP contribution in [-0.4, -0.2) is 35.5 Å². The first-order chi connectivity index (χ1) is 12.2. The molecule has 2 heterocycles. The van der Waals surface area contributed by atoms with Gasteiger partial charge in [-0.2, -0.15) is 0 Å². The normalized spacial score (nSPS) is 15.2. The Labute approximate surface area is 147 Å². The van der Waals surface area contributed by atoms with E-state index >= 15 is 0 Å². The molecule has 4 nitrogen and oxygen atoms in total. The standard InChI is InChI=1S/C20H23FN2O2/c21-18-3-1-2-17(14-18)15-20(24)23-11-6-16(7-12-23)8-13-25-19-4-9-22-10-5-19/h1-5,9-10,14,16H,6-8,11-13,15H2. The average molecular weight is 342 g/mol. The fourth-order valence-electron chi connectivity index (χ4n) is 3.18. The maximum absolute atomic E-state index is 13.2. The van der Waals surface area contributed by atoms with E-state index in [9.17, 15) is 9.18 Å². The highest BCUT2D eigenvalue weighted by atomic mass is 19.1. The minimum atomic E-state index is -0.293. The summed E-state index contributed by atoms with van der Waals surface area (Å²) in [6, 6.07) is 9.98. The van der Waals surface area contributed by atoms with Crippen molar-refractivity contribution in [2.24, 2.45) is 5.92 Å². The number of aromatic nitrogens is 1. The third-order valence-corrected chi connectivity index (χ3v) is 4.66. The molecule has 0 saturated carbocycles. The summed E-state index contributed by atoms with van der Waals surface area (Å²) in [5.74, 6) is 1.22. The fraction of sp³-hybridized carbons (Fsp3) is 0.400. The number of piperidine rings is 1. The Morgan fingerprint density at radius 3 is 2.68 bits per heavy atom. The number of hydrogen-bond acceptors (Lipinski definition) is 3. The van der Waals surface area contributed by atoms with E-state index in [0.717, 1.165) is 43.7 Å². The van der Waals surface area contributed by atoms with Crippen LogP contribution in [0.25, 0.3) is 0 Å². The highest BCUT2D eigenvalue weighted by Gasteiger charge is 2.22. The van der Waals surface area contributed by atoms with E-state index < -0.39 is 0 Å². The molecule has 0 bridgehead atoms. The third-order valence-electron chi connectivity index (χ3n) is 4.66. The predicted molar refractivity (Wildman–Crippen MR) is 93.8 cm³/mol. The van der Waals surface area contributed by atoms with Crippen molar-refractivity contribution in [1.29, 1.82) is 0 Å². The Balaban J connectivity index is 1.38. The molecular formula is C20H23FN2O2. The number of hydrogen-bond donors (Lipinski definition) is 0. The van der Waals surface area contributed by atoms with E-state index in [-0.39, 0.29) is 18.1 Å². The van der Waals surface area contributed by atoms with Crippen LogP contribution in [0.4, 0.5) is 4.39 Å². The summed E-state index contributed by atoms with van der Waals surface area (Å²) in [4.78, 5) is 18.2. The van der Waals surface area contributed by atoms with Crippen LogP contribution in [0.3, 0.4) is 0 Å². The van der Waals surface area contributed by atoms with Crippen LogP contribution < -0.4 is 4.74 Å². The number of carbonyl (C=O) groups is 1. The number of nitrogens with zero attached hydrogens (tertiary/aromatic N) is 2. The van der Waals surface area contributed by atoms with Crippen LogP contribution in [0.1, 0.15) is 24.8 Å². The molecule has 1 amide bonds. The molecule has 0 radical (unpaired) electrons. The minimum Gasteiger partial charge on any atom is -0.493 e. The lowest BCUT2D eigenvalue weighted by molar-refractivity contribution is -0.131. The predicted octanol–water partition coefficient (Wildman–Crippen LogP) is 3.47. The van der Waals surface area contributed by atoms with Crippen molar-refractivity contribution in [2.45, 2.75) is 25.7 Å². The highest BCUT2D eigenvalue weighted by Crippen LogP contribution is 2.22. The second kappa shape index (κ2) is 8.60. The van der Waals surface area contributed by atoms with Crippen molar-refractivity contribution in [3.8, 4) is 5.75 Å². The Morgan fingerprint density at radius 1 is 1.20 bits per heavy atom. The van der Waals surface area contributed by atoms with Gasteiger partial charge in [-0.25, -0.2) is 4.39 Å². The lowest BCUT2D eigenvalue weighted by Crippen LogP contribution is -2.39. The van der Waals surface area contributed by atoms with Crippen LogP contribution in [0.2, 0.25) is 0 Å². The molecule has 5 heteroatoms. The van der Waals surface area contributed by atoms with Gasteiger partial charge in [0.1, 0.15) is 11.6 Å². The SMILES string of the molecule is O=C(Cc1cccc(F)c1)N1CCC(CCOc2ccncc2)CC1. The second-order valence-corrected chi connectivity index (χ2v) is 6.45. The Kier molecular flexibility index (Phi) is 5.99. The molecule has 0 spiro atoms. The molecule has 1 saturated heterocycles. The molecule has 0 aliphatic carbocycles. The Hall–Kier alpha value is -2.43. The summed E-state index contributed by atoms with van der Waals surface area (Å²) in [6.45, 7) is 2.23. The molecule has 0 atom stereocenters. The number of likely N-dealkylation sites (tertiary alicyclic amines) is 1. The topological polar surface area (TPSA) is 42.4 Å². The first-order valence-corrected chi connectivity index (χ1v) is 8.76. The van der Waals surface area contributed by atoms with Crippen molar-refractivity contribution in [2.75, 3.05) is 19.7 Å². The smallest absolute Gasteiger partial charge is 0.226 e. The monoisotopic (exact) mass is 342 g/mol. The molecule has 1 fully saturated rings. The number of benzene rings is 1. The minimum absolute atomic E-state index is 0.0806. The zero-order chi connectivity index (χ0) is 17.5. The summed E-state index contributed by atoms with van der Waals surface area (Å²) in [7, 11) is 0. The molecule has 1 aliphatic rings. The number of carbonyl (C=O) groups excluding carboxylic acids is 1. The van der Waals surface area contributed by atoms with E-state index in [2.05, 4.69) is 4.98 Å². The molecular weight excluding hydrogens is 319 g/mol. The maximum Gasteiger partial charge on any atom is 0.226 e. The van der Waals surface area contributed by atoms with Crippen LogP contribution in [0, 0.1) is 11.7 Å². The summed E-state index contributed by atoms with van der Waals surface area (Å²) in [6.07, 6.45) is 6.70. The lowest BCUT2D eigenvalue weighted by atomic mass is 9.93. The summed E-state index contributed by atoms with van der Waals surface area (Å²) < 4.78 is 18.9. The Bertz CT molecular complexity index is 685. The molecule has 0 unspecified atom stereocenters. The van der Waals surface area contributed by atoms with E-state index in [0.29, 0.717) is 12.5 Å². The summed E-state index contributed by atoms with van der Waals surface area (Å²) in [5, 5.41) is 0. The van der Waals surface area contributed by atoms with Gasteiger partial charge in [0, 0.05) is 25.5 Å². The van der Waals surface area contributed by atoms with Crippen molar-refractivity contribution in [3.63, 3.8) is 0 Å². The van der Waals surface area contributed by atoms with Gasteiger partial charge < -0.3 is 9.64 Å². The number of ether oxygens (including phenoxy) is 1. The van der Waals surface area contributed by atoms with Crippen molar-refractivity contribution >= 4 is 5.91 Å².